The number of para-hydroxylation sites is 2. The van der Waals surface area contributed by atoms with Gasteiger partial charge in [0.2, 0.25) is 5.91 Å². The van der Waals surface area contributed by atoms with Crippen molar-refractivity contribution in [1.82, 2.24) is 0 Å². The lowest BCUT2D eigenvalue weighted by Gasteiger charge is -2.10. The van der Waals surface area contributed by atoms with Gasteiger partial charge in [-0.05, 0) is 54.6 Å². The smallest absolute Gasteiger partial charge is 0.255 e. The lowest BCUT2D eigenvalue weighted by Crippen LogP contribution is -2.13. The van der Waals surface area contributed by atoms with Crippen LogP contribution in [0.5, 0.6) is 5.75 Å². The molecule has 136 valence electrons. The second-order valence-corrected chi connectivity index (χ2v) is 5.57. The third kappa shape index (κ3) is 4.85. The summed E-state index contributed by atoms with van der Waals surface area (Å²) in [6, 6.07) is 17.3. The molecule has 0 bridgehead atoms. The van der Waals surface area contributed by atoms with Crippen LogP contribution >= 0.6 is 0 Å². The van der Waals surface area contributed by atoms with Crippen molar-refractivity contribution in [3.63, 3.8) is 0 Å². The van der Waals surface area contributed by atoms with Gasteiger partial charge in [-0.2, -0.15) is 0 Å². The molecular weight excluding hydrogens is 344 g/mol. The number of methoxy groups -OCH3 is 1. The number of furan rings is 1. The zero-order valence-electron chi connectivity index (χ0n) is 14.6. The maximum absolute atomic E-state index is 12.4. The molecule has 0 atom stereocenters. The standard InChI is InChI=1S/C21H18N2O4/c1-26-19-7-3-2-6-18(19)23-21(25)15-8-10-16(11-9-15)22-20(24)13-12-17-5-4-14-27-17/h2-14H,1H3,(H,22,24)(H,23,25)/b13-12-. The highest BCUT2D eigenvalue weighted by atomic mass is 16.5. The highest BCUT2D eigenvalue weighted by molar-refractivity contribution is 6.06. The number of rotatable bonds is 6. The van der Waals surface area contributed by atoms with Crippen molar-refractivity contribution >= 4 is 29.3 Å². The molecule has 6 heteroatoms. The molecule has 0 aliphatic heterocycles. The van der Waals surface area contributed by atoms with Gasteiger partial charge >= 0.3 is 0 Å². The van der Waals surface area contributed by atoms with E-state index in [1.165, 1.54) is 12.3 Å². The van der Waals surface area contributed by atoms with Crippen molar-refractivity contribution in [2.24, 2.45) is 0 Å². The first-order chi connectivity index (χ1) is 13.2. The van der Waals surface area contributed by atoms with Gasteiger partial charge in [0.25, 0.3) is 5.91 Å². The third-order valence-corrected chi connectivity index (χ3v) is 3.71. The zero-order valence-corrected chi connectivity index (χ0v) is 14.6. The number of nitrogens with one attached hydrogen (secondary N) is 2. The van der Waals surface area contributed by atoms with E-state index in [4.69, 9.17) is 9.15 Å². The largest absolute Gasteiger partial charge is 0.495 e. The van der Waals surface area contributed by atoms with Crippen LogP contribution in [0, 0.1) is 0 Å². The fourth-order valence-corrected chi connectivity index (χ4v) is 2.38. The lowest BCUT2D eigenvalue weighted by atomic mass is 10.2. The first kappa shape index (κ1) is 18.0. The molecule has 6 nitrogen and oxygen atoms in total. The van der Waals surface area contributed by atoms with Gasteiger partial charge in [-0.3, -0.25) is 9.59 Å². The van der Waals surface area contributed by atoms with Crippen LogP contribution in [0.1, 0.15) is 16.1 Å². The molecule has 0 fully saturated rings. The van der Waals surface area contributed by atoms with E-state index >= 15 is 0 Å². The van der Waals surface area contributed by atoms with Crippen LogP contribution in [0.2, 0.25) is 0 Å². The Bertz CT molecular complexity index is 945. The molecule has 27 heavy (non-hydrogen) atoms. The second-order valence-electron chi connectivity index (χ2n) is 5.57. The first-order valence-corrected chi connectivity index (χ1v) is 8.23. The van der Waals surface area contributed by atoms with E-state index < -0.39 is 0 Å². The van der Waals surface area contributed by atoms with Gasteiger partial charge in [-0.25, -0.2) is 0 Å². The maximum Gasteiger partial charge on any atom is 0.255 e. The highest BCUT2D eigenvalue weighted by Gasteiger charge is 2.09. The Morgan fingerprint density at radius 2 is 1.74 bits per heavy atom. The Morgan fingerprint density at radius 1 is 0.963 bits per heavy atom. The predicted octanol–water partition coefficient (Wildman–Crippen LogP) is 4.19. The summed E-state index contributed by atoms with van der Waals surface area (Å²) >= 11 is 0. The number of ether oxygens (including phenoxy) is 1. The fourth-order valence-electron chi connectivity index (χ4n) is 2.38. The molecule has 2 aromatic carbocycles. The van der Waals surface area contributed by atoms with Gasteiger partial charge in [-0.15, -0.1) is 0 Å². The quantitative estimate of drug-likeness (QED) is 0.644. The monoisotopic (exact) mass is 362 g/mol. The molecule has 0 unspecified atom stereocenters. The van der Waals surface area contributed by atoms with E-state index in [9.17, 15) is 9.59 Å². The van der Waals surface area contributed by atoms with Crippen LogP contribution in [0.15, 0.2) is 77.4 Å². The minimum absolute atomic E-state index is 0.268. The molecule has 0 saturated heterocycles. The van der Waals surface area contributed by atoms with E-state index in [1.807, 2.05) is 12.1 Å². The van der Waals surface area contributed by atoms with Gasteiger partial charge in [-0.1, -0.05) is 12.1 Å². The van der Waals surface area contributed by atoms with Crippen molar-refractivity contribution in [3.8, 4) is 5.75 Å². The minimum Gasteiger partial charge on any atom is -0.495 e. The highest BCUT2D eigenvalue weighted by Crippen LogP contribution is 2.23. The second kappa shape index (κ2) is 8.53. The number of anilines is 2. The van der Waals surface area contributed by atoms with E-state index in [1.54, 1.807) is 61.7 Å². The number of hydrogen-bond donors (Lipinski definition) is 2. The average Bonchev–Trinajstić information content (AvgIpc) is 3.21. The lowest BCUT2D eigenvalue weighted by molar-refractivity contribution is -0.111. The Hall–Kier alpha value is -3.80. The summed E-state index contributed by atoms with van der Waals surface area (Å²) in [6.07, 6.45) is 4.48. The number of hydrogen-bond acceptors (Lipinski definition) is 4. The molecule has 1 aromatic heterocycles. The Morgan fingerprint density at radius 3 is 2.44 bits per heavy atom. The predicted molar refractivity (Wildman–Crippen MR) is 104 cm³/mol. The number of benzene rings is 2. The summed E-state index contributed by atoms with van der Waals surface area (Å²) in [4.78, 5) is 24.3. The molecule has 0 aliphatic rings. The van der Waals surface area contributed by atoms with Crippen LogP contribution in [0.3, 0.4) is 0 Å². The van der Waals surface area contributed by atoms with E-state index in [0.717, 1.165) is 0 Å². The summed E-state index contributed by atoms with van der Waals surface area (Å²) in [5, 5.41) is 5.52. The maximum atomic E-state index is 12.4. The molecule has 0 spiro atoms. The Kier molecular flexibility index (Phi) is 5.69. The zero-order chi connectivity index (χ0) is 19.1. The summed E-state index contributed by atoms with van der Waals surface area (Å²) < 4.78 is 10.3. The molecule has 3 aromatic rings. The van der Waals surface area contributed by atoms with Gasteiger partial charge in [0.1, 0.15) is 11.5 Å². The normalized spacial score (nSPS) is 10.6. The molecule has 2 amide bonds. The first-order valence-electron chi connectivity index (χ1n) is 8.23. The van der Waals surface area contributed by atoms with E-state index in [2.05, 4.69) is 10.6 Å². The molecule has 2 N–H and O–H groups in total. The summed E-state index contributed by atoms with van der Waals surface area (Å²) in [5.41, 5.74) is 1.63. The average molecular weight is 362 g/mol. The summed E-state index contributed by atoms with van der Waals surface area (Å²) in [7, 11) is 1.54. The SMILES string of the molecule is COc1ccccc1NC(=O)c1ccc(NC(=O)/C=C\c2ccco2)cc1. The topological polar surface area (TPSA) is 80.6 Å². The summed E-state index contributed by atoms with van der Waals surface area (Å²) in [6.45, 7) is 0. The van der Waals surface area contributed by atoms with Crippen molar-refractivity contribution in [3.05, 3.63) is 84.3 Å². The van der Waals surface area contributed by atoms with Crippen LogP contribution < -0.4 is 15.4 Å². The molecule has 0 aliphatic carbocycles. The fraction of sp³-hybridized carbons (Fsp3) is 0.0476. The molecular formula is C21H18N2O4. The molecule has 0 radical (unpaired) electrons. The van der Waals surface area contributed by atoms with Crippen LogP contribution in [-0.2, 0) is 4.79 Å². The van der Waals surface area contributed by atoms with Crippen LogP contribution in [0.4, 0.5) is 11.4 Å². The third-order valence-electron chi connectivity index (χ3n) is 3.71. The Balaban J connectivity index is 1.61. The van der Waals surface area contributed by atoms with Gasteiger partial charge in [0.15, 0.2) is 0 Å². The van der Waals surface area contributed by atoms with Crippen molar-refractivity contribution in [2.45, 2.75) is 0 Å². The molecule has 0 saturated carbocycles. The Labute approximate surface area is 156 Å². The van der Waals surface area contributed by atoms with Crippen LogP contribution in [-0.4, -0.2) is 18.9 Å². The van der Waals surface area contributed by atoms with Gasteiger partial charge in [0.05, 0.1) is 19.1 Å². The molecule has 1 heterocycles. The number of carbonyl (C=O) groups is 2. The van der Waals surface area contributed by atoms with Gasteiger partial charge in [0, 0.05) is 17.3 Å². The minimum atomic E-state index is -0.294. The summed E-state index contributed by atoms with van der Waals surface area (Å²) in [5.74, 6) is 0.610. The molecule has 3 rings (SSSR count). The van der Waals surface area contributed by atoms with Crippen molar-refractivity contribution < 1.29 is 18.7 Å². The number of carbonyl (C=O) groups excluding carboxylic acids is 2. The van der Waals surface area contributed by atoms with Gasteiger partial charge < -0.3 is 19.8 Å². The van der Waals surface area contributed by atoms with Crippen LogP contribution in [0.25, 0.3) is 6.08 Å². The van der Waals surface area contributed by atoms with Crippen molar-refractivity contribution in [1.29, 1.82) is 0 Å². The number of amides is 2. The van der Waals surface area contributed by atoms with E-state index in [0.29, 0.717) is 28.4 Å². The van der Waals surface area contributed by atoms with Crippen molar-refractivity contribution in [2.75, 3.05) is 17.7 Å². The van der Waals surface area contributed by atoms with E-state index in [-0.39, 0.29) is 11.8 Å².